The molecule has 0 bridgehead atoms. The van der Waals surface area contributed by atoms with E-state index < -0.39 is 34.6 Å². The van der Waals surface area contributed by atoms with Crippen molar-refractivity contribution in [3.05, 3.63) is 41.0 Å². The number of nitrogens with zero attached hydrogens (tertiary/aromatic N) is 2. The molecule has 2 rings (SSSR count). The maximum atomic E-state index is 13.5. The Kier molecular flexibility index (Phi) is 5.42. The van der Waals surface area contributed by atoms with Crippen LogP contribution >= 0.6 is 12.2 Å². The second kappa shape index (κ2) is 7.04. The molecule has 0 radical (unpaired) electrons. The summed E-state index contributed by atoms with van der Waals surface area (Å²) in [7, 11) is 0. The van der Waals surface area contributed by atoms with Crippen LogP contribution < -0.4 is 0 Å². The molecule has 1 heterocycles. The second-order valence-electron chi connectivity index (χ2n) is 5.43. The van der Waals surface area contributed by atoms with Crippen molar-refractivity contribution < 1.29 is 26.3 Å². The summed E-state index contributed by atoms with van der Waals surface area (Å²) in [6.07, 6.45) is -8.10. The summed E-state index contributed by atoms with van der Waals surface area (Å²) in [5.41, 5.74) is -3.67. The van der Waals surface area contributed by atoms with Crippen LogP contribution in [0.5, 0.6) is 0 Å². The Bertz CT molecular complexity index is 719. The third-order valence-corrected chi connectivity index (χ3v) is 4.22. The number of benzene rings is 1. The van der Waals surface area contributed by atoms with E-state index >= 15 is 0 Å². The predicted octanol–water partition coefficient (Wildman–Crippen LogP) is 4.97. The van der Waals surface area contributed by atoms with Crippen LogP contribution in [0.25, 0.3) is 5.57 Å². The summed E-state index contributed by atoms with van der Waals surface area (Å²) in [5, 5.41) is 9.23. The van der Waals surface area contributed by atoms with Crippen LogP contribution in [0.1, 0.15) is 24.0 Å². The molecule has 25 heavy (non-hydrogen) atoms. The average Bonchev–Trinajstić information content (AvgIpc) is 3.04. The van der Waals surface area contributed by atoms with Crippen LogP contribution in [0.4, 0.5) is 26.3 Å². The SMILES string of the molecule is N#CC(C(=S)N1CCCC1)=C(c1ccc(C(F)(F)F)cc1)C(F)(F)F. The molecule has 1 aromatic carbocycles. The fraction of sp³-hybridized carbons (Fsp3) is 0.375. The zero-order valence-electron chi connectivity index (χ0n) is 12.7. The molecule has 1 fully saturated rings. The second-order valence-corrected chi connectivity index (χ2v) is 5.82. The average molecular weight is 378 g/mol. The number of allylic oxidation sites excluding steroid dienone is 1. The molecule has 0 N–H and O–H groups in total. The van der Waals surface area contributed by atoms with Gasteiger partial charge in [0.05, 0.1) is 16.7 Å². The summed E-state index contributed by atoms with van der Waals surface area (Å²) >= 11 is 5.03. The van der Waals surface area contributed by atoms with Gasteiger partial charge in [-0.25, -0.2) is 0 Å². The number of thiocarbonyl (C=S) groups is 1. The van der Waals surface area contributed by atoms with Crippen LogP contribution in [-0.2, 0) is 6.18 Å². The quantitative estimate of drug-likeness (QED) is 0.315. The first kappa shape index (κ1) is 19.2. The maximum absolute atomic E-state index is 13.5. The molecule has 0 amide bonds. The van der Waals surface area contributed by atoms with Crippen molar-refractivity contribution in [2.24, 2.45) is 0 Å². The van der Waals surface area contributed by atoms with E-state index in [4.69, 9.17) is 12.2 Å². The normalized spacial score (nSPS) is 16.4. The van der Waals surface area contributed by atoms with Crippen molar-refractivity contribution in [1.29, 1.82) is 5.26 Å². The number of halogens is 6. The molecular weight excluding hydrogens is 366 g/mol. The Hall–Kier alpha value is -2.08. The molecule has 0 aliphatic carbocycles. The molecule has 1 saturated heterocycles. The summed E-state index contributed by atoms with van der Waals surface area (Å²) < 4.78 is 78.3. The molecule has 0 unspecified atom stereocenters. The molecule has 2 nitrogen and oxygen atoms in total. The first-order chi connectivity index (χ1) is 11.6. The highest BCUT2D eigenvalue weighted by molar-refractivity contribution is 7.80. The lowest BCUT2D eigenvalue weighted by atomic mass is 9.98. The molecule has 9 heteroatoms. The van der Waals surface area contributed by atoms with Crippen molar-refractivity contribution in [2.45, 2.75) is 25.2 Å². The molecule has 1 aromatic rings. The fourth-order valence-electron chi connectivity index (χ4n) is 2.56. The molecule has 134 valence electrons. The standard InChI is InChI=1S/C16H12F6N2S/c17-15(18,19)11-5-3-10(4-6-11)13(16(20,21)22)12(9-23)14(25)24-7-1-2-8-24/h3-6H,1-2,7-8H2. The highest BCUT2D eigenvalue weighted by Gasteiger charge is 2.40. The van der Waals surface area contributed by atoms with Gasteiger partial charge in [-0.15, -0.1) is 0 Å². The lowest BCUT2D eigenvalue weighted by molar-refractivity contribution is -0.137. The zero-order valence-corrected chi connectivity index (χ0v) is 13.5. The van der Waals surface area contributed by atoms with E-state index in [-0.39, 0.29) is 4.99 Å². The molecule has 1 aliphatic heterocycles. The van der Waals surface area contributed by atoms with Gasteiger partial charge in [0.2, 0.25) is 0 Å². The summed E-state index contributed by atoms with van der Waals surface area (Å²) in [4.78, 5) is 1.27. The summed E-state index contributed by atoms with van der Waals surface area (Å²) in [6, 6.07) is 3.99. The van der Waals surface area contributed by atoms with Gasteiger partial charge in [0, 0.05) is 13.1 Å². The molecule has 0 atom stereocenters. The first-order valence-electron chi connectivity index (χ1n) is 7.24. The summed E-state index contributed by atoms with van der Waals surface area (Å²) in [5.74, 6) is 0. The number of nitriles is 1. The third-order valence-electron chi connectivity index (χ3n) is 3.75. The van der Waals surface area contributed by atoms with E-state index in [1.54, 1.807) is 0 Å². The third kappa shape index (κ3) is 4.31. The predicted molar refractivity (Wildman–Crippen MR) is 83.4 cm³/mol. The van der Waals surface area contributed by atoms with E-state index in [1.165, 1.54) is 11.0 Å². The van der Waals surface area contributed by atoms with Crippen molar-refractivity contribution in [1.82, 2.24) is 4.90 Å². The van der Waals surface area contributed by atoms with E-state index in [2.05, 4.69) is 0 Å². The number of hydrogen-bond acceptors (Lipinski definition) is 2. The summed E-state index contributed by atoms with van der Waals surface area (Å²) in [6.45, 7) is 0.893. The highest BCUT2D eigenvalue weighted by Crippen LogP contribution is 2.38. The molecule has 0 aromatic heterocycles. The van der Waals surface area contributed by atoms with Gasteiger partial charge in [-0.05, 0) is 30.5 Å². The minimum Gasteiger partial charge on any atom is -0.362 e. The number of alkyl halides is 6. The lowest BCUT2D eigenvalue weighted by Gasteiger charge is -2.21. The Morgan fingerprint density at radius 3 is 1.92 bits per heavy atom. The highest BCUT2D eigenvalue weighted by atomic mass is 32.1. The largest absolute Gasteiger partial charge is 0.418 e. The Labute approximate surface area is 145 Å². The van der Waals surface area contributed by atoms with Gasteiger partial charge in [0.25, 0.3) is 0 Å². The number of hydrogen-bond donors (Lipinski definition) is 0. The van der Waals surface area contributed by atoms with Gasteiger partial charge >= 0.3 is 12.4 Å². The van der Waals surface area contributed by atoms with E-state index in [0.29, 0.717) is 37.4 Å². The Balaban J connectivity index is 2.55. The van der Waals surface area contributed by atoms with Gasteiger partial charge in [-0.3, -0.25) is 0 Å². The fourth-order valence-corrected chi connectivity index (χ4v) is 2.89. The molecular formula is C16H12F6N2S. The van der Waals surface area contributed by atoms with Crippen LogP contribution in [0.15, 0.2) is 29.8 Å². The minimum atomic E-state index is -4.94. The van der Waals surface area contributed by atoms with Gasteiger partial charge < -0.3 is 4.90 Å². The van der Waals surface area contributed by atoms with Crippen molar-refractivity contribution in [3.8, 4) is 6.07 Å². The van der Waals surface area contributed by atoms with Gasteiger partial charge in [0.1, 0.15) is 11.1 Å². The molecule has 1 aliphatic rings. The van der Waals surface area contributed by atoms with Crippen molar-refractivity contribution in [2.75, 3.05) is 13.1 Å². The smallest absolute Gasteiger partial charge is 0.362 e. The monoisotopic (exact) mass is 378 g/mol. The topological polar surface area (TPSA) is 27.0 Å². The van der Waals surface area contributed by atoms with Crippen molar-refractivity contribution in [3.63, 3.8) is 0 Å². The minimum absolute atomic E-state index is 0.229. The Morgan fingerprint density at radius 1 is 1.00 bits per heavy atom. The number of likely N-dealkylation sites (tertiary alicyclic amines) is 1. The molecule has 0 saturated carbocycles. The first-order valence-corrected chi connectivity index (χ1v) is 7.65. The van der Waals surface area contributed by atoms with Crippen LogP contribution in [0, 0.1) is 11.3 Å². The van der Waals surface area contributed by atoms with Gasteiger partial charge in [-0.2, -0.15) is 31.6 Å². The van der Waals surface area contributed by atoms with Gasteiger partial charge in [0.15, 0.2) is 0 Å². The number of rotatable bonds is 2. The van der Waals surface area contributed by atoms with E-state index in [9.17, 15) is 31.6 Å². The van der Waals surface area contributed by atoms with E-state index in [0.717, 1.165) is 12.8 Å². The lowest BCUT2D eigenvalue weighted by Crippen LogP contribution is -2.29. The molecule has 0 spiro atoms. The van der Waals surface area contributed by atoms with Gasteiger partial charge in [-0.1, -0.05) is 24.4 Å². The van der Waals surface area contributed by atoms with Crippen molar-refractivity contribution >= 4 is 22.8 Å². The zero-order chi connectivity index (χ0) is 18.8. The van der Waals surface area contributed by atoms with Crippen LogP contribution in [0.2, 0.25) is 0 Å². The maximum Gasteiger partial charge on any atom is 0.418 e. The van der Waals surface area contributed by atoms with Crippen LogP contribution in [-0.4, -0.2) is 29.2 Å². The van der Waals surface area contributed by atoms with Crippen LogP contribution in [0.3, 0.4) is 0 Å². The Morgan fingerprint density at radius 2 is 1.52 bits per heavy atom. The van der Waals surface area contributed by atoms with E-state index in [1.807, 2.05) is 0 Å².